The van der Waals surface area contributed by atoms with Crippen LogP contribution in [0.3, 0.4) is 0 Å². The van der Waals surface area contributed by atoms with Crippen LogP contribution in [0.2, 0.25) is 0 Å². The van der Waals surface area contributed by atoms with Gasteiger partial charge in [-0.15, -0.1) is 0 Å². The maximum Gasteiger partial charge on any atom is 0.272 e. The maximum atomic E-state index is 13.0. The van der Waals surface area contributed by atoms with Crippen molar-refractivity contribution >= 4 is 5.91 Å². The van der Waals surface area contributed by atoms with Crippen LogP contribution < -0.4 is 0 Å². The number of amides is 1. The zero-order valence-corrected chi connectivity index (χ0v) is 16.0. The molecule has 2 aromatic rings. The van der Waals surface area contributed by atoms with Gasteiger partial charge >= 0.3 is 0 Å². The second-order valence-electron chi connectivity index (χ2n) is 8.53. The van der Waals surface area contributed by atoms with E-state index in [1.165, 1.54) is 31.2 Å². The summed E-state index contributed by atoms with van der Waals surface area (Å²) in [6, 6.07) is 14.0. The van der Waals surface area contributed by atoms with Gasteiger partial charge in [0.25, 0.3) is 5.91 Å². The Morgan fingerprint density at radius 1 is 1.07 bits per heavy atom. The first kappa shape index (κ1) is 17.0. The van der Waals surface area contributed by atoms with Crippen molar-refractivity contribution in [1.29, 1.82) is 0 Å². The predicted octanol–water partition coefficient (Wildman–Crippen LogP) is 3.11. The number of rotatable bonds is 2. The van der Waals surface area contributed by atoms with Crippen LogP contribution in [0, 0.1) is 11.8 Å². The molecule has 3 fully saturated rings. The summed E-state index contributed by atoms with van der Waals surface area (Å²) < 4.78 is 1.70. The highest BCUT2D eigenvalue weighted by Gasteiger charge is 2.45. The number of hydrogen-bond donors (Lipinski definition) is 0. The van der Waals surface area contributed by atoms with Gasteiger partial charge in [-0.1, -0.05) is 30.3 Å². The summed E-state index contributed by atoms with van der Waals surface area (Å²) >= 11 is 0. The molecule has 3 aliphatic rings. The maximum absolute atomic E-state index is 13.0. The van der Waals surface area contributed by atoms with E-state index < -0.39 is 0 Å². The summed E-state index contributed by atoms with van der Waals surface area (Å²) in [6.07, 6.45) is 6.81. The molecule has 0 saturated carbocycles. The van der Waals surface area contributed by atoms with E-state index in [0.29, 0.717) is 29.6 Å². The number of likely N-dealkylation sites (tertiary alicyclic amines) is 1. The predicted molar refractivity (Wildman–Crippen MR) is 104 cm³/mol. The minimum atomic E-state index is 0.147. The molecule has 5 nitrogen and oxygen atoms in total. The molecule has 0 spiro atoms. The second kappa shape index (κ2) is 6.79. The average Bonchev–Trinajstić information content (AvgIpc) is 3.13. The van der Waals surface area contributed by atoms with E-state index in [2.05, 4.69) is 45.2 Å². The molecule has 0 aliphatic carbocycles. The second-order valence-corrected chi connectivity index (χ2v) is 8.53. The zero-order valence-electron chi connectivity index (χ0n) is 16.0. The SMILES string of the molecule is Cn1nccc1C(=O)N1C[C@@H]2C[C@H](C1)[C@@H]1CCC[C@H](c3ccccc3)N1C2. The molecular formula is C22H28N4O. The van der Waals surface area contributed by atoms with E-state index in [-0.39, 0.29) is 5.91 Å². The van der Waals surface area contributed by atoms with E-state index in [1.807, 2.05) is 13.1 Å². The topological polar surface area (TPSA) is 41.4 Å². The van der Waals surface area contributed by atoms with Crippen LogP contribution in [0.15, 0.2) is 42.6 Å². The lowest BCUT2D eigenvalue weighted by Crippen LogP contribution is -2.60. The molecule has 27 heavy (non-hydrogen) atoms. The average molecular weight is 364 g/mol. The summed E-state index contributed by atoms with van der Waals surface area (Å²) in [7, 11) is 1.85. The summed E-state index contributed by atoms with van der Waals surface area (Å²) in [5.41, 5.74) is 2.17. The number of fused-ring (bicyclic) bond motifs is 4. The van der Waals surface area contributed by atoms with E-state index in [0.717, 1.165) is 19.6 Å². The van der Waals surface area contributed by atoms with Gasteiger partial charge in [0.15, 0.2) is 0 Å². The molecule has 1 aromatic carbocycles. The lowest BCUT2D eigenvalue weighted by molar-refractivity contribution is -0.0513. The highest BCUT2D eigenvalue weighted by molar-refractivity contribution is 5.92. The van der Waals surface area contributed by atoms with Gasteiger partial charge in [0.2, 0.25) is 0 Å². The minimum absolute atomic E-state index is 0.147. The van der Waals surface area contributed by atoms with E-state index in [4.69, 9.17) is 0 Å². The monoisotopic (exact) mass is 364 g/mol. The highest BCUT2D eigenvalue weighted by Crippen LogP contribution is 2.44. The van der Waals surface area contributed by atoms with Crippen molar-refractivity contribution < 1.29 is 4.79 Å². The number of aromatic nitrogens is 2. The van der Waals surface area contributed by atoms with Crippen molar-refractivity contribution in [3.63, 3.8) is 0 Å². The Balaban J connectivity index is 1.37. The van der Waals surface area contributed by atoms with Gasteiger partial charge in [0.1, 0.15) is 5.69 Å². The minimum Gasteiger partial charge on any atom is -0.337 e. The summed E-state index contributed by atoms with van der Waals surface area (Å²) in [6.45, 7) is 2.89. The van der Waals surface area contributed by atoms with Crippen LogP contribution in [0.5, 0.6) is 0 Å². The number of benzene rings is 1. The Bertz CT molecular complexity index is 817. The first-order valence-corrected chi connectivity index (χ1v) is 10.3. The molecule has 3 saturated heterocycles. The summed E-state index contributed by atoms with van der Waals surface area (Å²) in [5, 5.41) is 4.17. The van der Waals surface area contributed by atoms with Crippen LogP contribution >= 0.6 is 0 Å². The Morgan fingerprint density at radius 3 is 2.70 bits per heavy atom. The molecule has 0 unspecified atom stereocenters. The molecule has 5 heteroatoms. The van der Waals surface area contributed by atoms with Gasteiger partial charge in [0, 0.05) is 45.0 Å². The number of carbonyl (C=O) groups excluding carboxylic acids is 1. The number of piperidine rings is 3. The van der Waals surface area contributed by atoms with E-state index in [1.54, 1.807) is 10.9 Å². The van der Waals surface area contributed by atoms with Crippen LogP contribution in [0.1, 0.15) is 47.8 Å². The Labute approximate surface area is 161 Å². The van der Waals surface area contributed by atoms with Crippen molar-refractivity contribution in [1.82, 2.24) is 19.6 Å². The third-order valence-electron chi connectivity index (χ3n) is 6.90. The van der Waals surface area contributed by atoms with Gasteiger partial charge in [0.05, 0.1) is 0 Å². The van der Waals surface area contributed by atoms with Crippen molar-refractivity contribution in [3.8, 4) is 0 Å². The Morgan fingerprint density at radius 2 is 1.93 bits per heavy atom. The fourth-order valence-corrected chi connectivity index (χ4v) is 5.75. The molecule has 1 amide bonds. The Hall–Kier alpha value is -2.14. The molecule has 0 N–H and O–H groups in total. The van der Waals surface area contributed by atoms with Crippen molar-refractivity contribution in [2.45, 2.75) is 37.8 Å². The van der Waals surface area contributed by atoms with E-state index in [9.17, 15) is 4.79 Å². The standard InChI is InChI=1S/C22H28N4O/c1-24-21(10-11-23-24)22(27)25-13-16-12-18(15-25)20-9-5-8-19(26(20)14-16)17-6-3-2-4-7-17/h2-4,6-7,10-11,16,18-20H,5,8-9,12-15H2,1H3/t16-,18+,19+,20-/m0/s1. The van der Waals surface area contributed by atoms with Crippen molar-refractivity contribution in [2.75, 3.05) is 19.6 Å². The lowest BCUT2D eigenvalue weighted by atomic mass is 9.74. The fourth-order valence-electron chi connectivity index (χ4n) is 5.75. The Kier molecular flexibility index (Phi) is 4.27. The smallest absolute Gasteiger partial charge is 0.272 e. The van der Waals surface area contributed by atoms with Crippen LogP contribution in [-0.4, -0.2) is 51.2 Å². The molecule has 142 valence electrons. The number of aryl methyl sites for hydroxylation is 1. The van der Waals surface area contributed by atoms with Gasteiger partial charge in [-0.05, 0) is 49.1 Å². The van der Waals surface area contributed by atoms with Crippen LogP contribution in [0.25, 0.3) is 0 Å². The van der Waals surface area contributed by atoms with Gasteiger partial charge in [-0.3, -0.25) is 14.4 Å². The van der Waals surface area contributed by atoms with Gasteiger partial charge < -0.3 is 4.90 Å². The van der Waals surface area contributed by atoms with Crippen LogP contribution in [-0.2, 0) is 7.05 Å². The molecule has 1 aromatic heterocycles. The van der Waals surface area contributed by atoms with Gasteiger partial charge in [-0.25, -0.2) is 0 Å². The lowest BCUT2D eigenvalue weighted by Gasteiger charge is -2.55. The first-order valence-electron chi connectivity index (χ1n) is 10.3. The quantitative estimate of drug-likeness (QED) is 0.822. The third kappa shape index (κ3) is 2.98. The van der Waals surface area contributed by atoms with Gasteiger partial charge in [-0.2, -0.15) is 5.10 Å². The van der Waals surface area contributed by atoms with Crippen LogP contribution in [0.4, 0.5) is 0 Å². The molecule has 0 radical (unpaired) electrons. The molecule has 3 aliphatic heterocycles. The summed E-state index contributed by atoms with van der Waals surface area (Å²) in [4.78, 5) is 17.9. The fraction of sp³-hybridized carbons (Fsp3) is 0.545. The van der Waals surface area contributed by atoms with E-state index >= 15 is 0 Å². The van der Waals surface area contributed by atoms with Crippen molar-refractivity contribution in [3.05, 3.63) is 53.9 Å². The zero-order chi connectivity index (χ0) is 18.4. The molecule has 5 rings (SSSR count). The molecule has 2 bridgehead atoms. The first-order chi connectivity index (χ1) is 13.2. The molecule has 4 atom stereocenters. The molecular weight excluding hydrogens is 336 g/mol. The number of nitrogens with zero attached hydrogens (tertiary/aromatic N) is 4. The summed E-state index contributed by atoms with van der Waals surface area (Å²) in [5.74, 6) is 1.33. The number of hydrogen-bond acceptors (Lipinski definition) is 3. The largest absolute Gasteiger partial charge is 0.337 e. The normalized spacial score (nSPS) is 30.8. The number of carbonyl (C=O) groups is 1. The molecule has 4 heterocycles. The third-order valence-corrected chi connectivity index (χ3v) is 6.90. The van der Waals surface area contributed by atoms with Crippen molar-refractivity contribution in [2.24, 2.45) is 18.9 Å². The highest BCUT2D eigenvalue weighted by atomic mass is 16.2.